The molecule has 0 saturated carbocycles. The van der Waals surface area contributed by atoms with E-state index < -0.39 is 24.4 Å². The van der Waals surface area contributed by atoms with Gasteiger partial charge in [0.25, 0.3) is 11.8 Å². The van der Waals surface area contributed by atoms with Crippen molar-refractivity contribution in [3.8, 4) is 17.2 Å². The van der Waals surface area contributed by atoms with E-state index >= 15 is 0 Å². The Labute approximate surface area is 210 Å². The summed E-state index contributed by atoms with van der Waals surface area (Å²) < 4.78 is 22.0. The van der Waals surface area contributed by atoms with E-state index in [1.54, 1.807) is 48.5 Å². The predicted molar refractivity (Wildman–Crippen MR) is 133 cm³/mol. The molecule has 3 aromatic rings. The highest BCUT2D eigenvalue weighted by Gasteiger charge is 2.15. The van der Waals surface area contributed by atoms with Gasteiger partial charge in [0.2, 0.25) is 0 Å². The summed E-state index contributed by atoms with van der Waals surface area (Å²) in [7, 11) is 2.91. The van der Waals surface area contributed by atoms with Gasteiger partial charge in [0.05, 0.1) is 25.5 Å². The number of halogens is 1. The molecule has 3 rings (SSSR count). The normalized spacial score (nSPS) is 10.1. The average molecular weight is 543 g/mol. The molecule has 0 aliphatic carbocycles. The van der Waals surface area contributed by atoms with Crippen LogP contribution in [0, 0.1) is 0 Å². The molecule has 9 nitrogen and oxygen atoms in total. The molecule has 0 spiro atoms. The van der Waals surface area contributed by atoms with Crippen molar-refractivity contribution < 1.29 is 33.3 Å². The Bertz CT molecular complexity index is 1200. The fraction of sp³-hybridized carbons (Fsp3) is 0.160. The fourth-order valence-corrected chi connectivity index (χ4v) is 3.20. The summed E-state index contributed by atoms with van der Waals surface area (Å²) in [6.07, 6.45) is 0. The molecule has 35 heavy (non-hydrogen) atoms. The summed E-state index contributed by atoms with van der Waals surface area (Å²) >= 11 is 3.31. The Balaban J connectivity index is 1.54. The van der Waals surface area contributed by atoms with E-state index in [-0.39, 0.29) is 23.7 Å². The first kappa shape index (κ1) is 25.6. The number of nitrogens with one attached hydrogen (secondary N) is 2. The van der Waals surface area contributed by atoms with Crippen LogP contribution in [0.1, 0.15) is 10.4 Å². The number of rotatable bonds is 10. The van der Waals surface area contributed by atoms with Crippen molar-refractivity contribution in [2.45, 2.75) is 0 Å². The van der Waals surface area contributed by atoms with Crippen LogP contribution >= 0.6 is 15.9 Å². The van der Waals surface area contributed by atoms with E-state index in [1.165, 1.54) is 32.4 Å². The number of methoxy groups -OCH3 is 2. The molecule has 182 valence electrons. The van der Waals surface area contributed by atoms with Crippen LogP contribution in [0.3, 0.4) is 0 Å². The highest BCUT2D eigenvalue weighted by molar-refractivity contribution is 9.10. The minimum atomic E-state index is -0.713. The van der Waals surface area contributed by atoms with Gasteiger partial charge in [0.1, 0.15) is 5.75 Å². The lowest BCUT2D eigenvalue weighted by Gasteiger charge is -2.13. The number of amides is 2. The Morgan fingerprint density at radius 3 is 2.17 bits per heavy atom. The predicted octanol–water partition coefficient (Wildman–Crippen LogP) is 4.28. The van der Waals surface area contributed by atoms with Gasteiger partial charge in [-0.05, 0) is 54.6 Å². The maximum absolute atomic E-state index is 12.4. The molecule has 10 heteroatoms. The second kappa shape index (κ2) is 12.4. The average Bonchev–Trinajstić information content (AvgIpc) is 2.87. The zero-order chi connectivity index (χ0) is 25.2. The maximum Gasteiger partial charge on any atom is 0.338 e. The number of ether oxygens (including phenoxy) is 4. The quantitative estimate of drug-likeness (QED) is 0.367. The first-order valence-corrected chi connectivity index (χ1v) is 11.1. The van der Waals surface area contributed by atoms with E-state index in [4.69, 9.17) is 18.9 Å². The lowest BCUT2D eigenvalue weighted by Crippen LogP contribution is -2.21. The zero-order valence-corrected chi connectivity index (χ0v) is 20.6. The van der Waals surface area contributed by atoms with E-state index in [2.05, 4.69) is 26.6 Å². The first-order chi connectivity index (χ1) is 16.9. The summed E-state index contributed by atoms with van der Waals surface area (Å²) in [6.45, 7) is -0.757. The lowest BCUT2D eigenvalue weighted by molar-refractivity contribution is -0.119. The van der Waals surface area contributed by atoms with Crippen LogP contribution in [-0.4, -0.2) is 45.2 Å². The third-order valence-corrected chi connectivity index (χ3v) is 5.13. The standard InChI is InChI=1S/C25H23BrN2O7/c1-32-20-6-4-3-5-19(20)28-24(30)14-34-21-12-7-16(13-22(21)33-2)25(31)35-15-23(29)27-18-10-8-17(26)9-11-18/h3-13H,14-15H2,1-2H3,(H,27,29)(H,28,30). The molecule has 0 aliphatic heterocycles. The SMILES string of the molecule is COc1ccccc1NC(=O)COc1ccc(C(=O)OCC(=O)Nc2ccc(Br)cc2)cc1OC. The largest absolute Gasteiger partial charge is 0.495 e. The van der Waals surface area contributed by atoms with Gasteiger partial charge < -0.3 is 29.6 Å². The van der Waals surface area contributed by atoms with Gasteiger partial charge in [0.15, 0.2) is 24.7 Å². The van der Waals surface area contributed by atoms with Gasteiger partial charge in [-0.25, -0.2) is 4.79 Å². The first-order valence-electron chi connectivity index (χ1n) is 10.4. The minimum Gasteiger partial charge on any atom is -0.495 e. The van der Waals surface area contributed by atoms with Crippen molar-refractivity contribution in [1.29, 1.82) is 0 Å². The third kappa shape index (κ3) is 7.47. The number of carbonyl (C=O) groups is 3. The molecular formula is C25H23BrN2O7. The Kier molecular flexibility index (Phi) is 9.08. The Morgan fingerprint density at radius 1 is 0.771 bits per heavy atom. The van der Waals surface area contributed by atoms with Crippen molar-refractivity contribution in [3.63, 3.8) is 0 Å². The molecule has 0 heterocycles. The fourth-order valence-electron chi connectivity index (χ4n) is 2.94. The number of hydrogen-bond acceptors (Lipinski definition) is 7. The number of benzene rings is 3. The number of hydrogen-bond donors (Lipinski definition) is 2. The van der Waals surface area contributed by atoms with Crippen LogP contribution in [0.15, 0.2) is 71.2 Å². The number of para-hydroxylation sites is 2. The molecule has 2 N–H and O–H groups in total. The molecule has 0 saturated heterocycles. The molecule has 2 amide bonds. The summed E-state index contributed by atoms with van der Waals surface area (Å²) in [6, 6.07) is 18.3. The molecule has 0 fully saturated rings. The molecule has 0 unspecified atom stereocenters. The summed E-state index contributed by atoms with van der Waals surface area (Å²) in [4.78, 5) is 36.7. The Hall–Kier alpha value is -4.05. The van der Waals surface area contributed by atoms with Crippen LogP contribution in [0.5, 0.6) is 17.2 Å². The minimum absolute atomic E-state index is 0.157. The van der Waals surface area contributed by atoms with Gasteiger partial charge in [-0.3, -0.25) is 9.59 Å². The van der Waals surface area contributed by atoms with Crippen LogP contribution in [0.2, 0.25) is 0 Å². The topological polar surface area (TPSA) is 112 Å². The molecule has 0 aliphatic rings. The second-order valence-corrected chi connectivity index (χ2v) is 7.95. The highest BCUT2D eigenvalue weighted by atomic mass is 79.9. The van der Waals surface area contributed by atoms with Crippen molar-refractivity contribution in [3.05, 3.63) is 76.8 Å². The smallest absolute Gasteiger partial charge is 0.338 e. The van der Waals surface area contributed by atoms with Crippen molar-refractivity contribution in [1.82, 2.24) is 0 Å². The lowest BCUT2D eigenvalue weighted by atomic mass is 10.2. The van der Waals surface area contributed by atoms with Gasteiger partial charge in [0, 0.05) is 10.2 Å². The van der Waals surface area contributed by atoms with Crippen LogP contribution in [-0.2, 0) is 14.3 Å². The summed E-state index contributed by atoms with van der Waals surface area (Å²) in [5, 5.41) is 5.33. The van der Waals surface area contributed by atoms with Crippen LogP contribution in [0.4, 0.5) is 11.4 Å². The van der Waals surface area contributed by atoms with E-state index in [9.17, 15) is 14.4 Å². The third-order valence-electron chi connectivity index (χ3n) is 4.60. The van der Waals surface area contributed by atoms with Gasteiger partial charge in [-0.2, -0.15) is 0 Å². The molecular weight excluding hydrogens is 520 g/mol. The highest BCUT2D eigenvalue weighted by Crippen LogP contribution is 2.29. The molecule has 0 bridgehead atoms. The monoisotopic (exact) mass is 542 g/mol. The maximum atomic E-state index is 12.4. The van der Waals surface area contributed by atoms with Crippen molar-refractivity contribution in [2.24, 2.45) is 0 Å². The van der Waals surface area contributed by atoms with E-state index in [0.29, 0.717) is 17.1 Å². The van der Waals surface area contributed by atoms with Crippen molar-refractivity contribution >= 4 is 45.1 Å². The van der Waals surface area contributed by atoms with E-state index in [0.717, 1.165) is 4.47 Å². The van der Waals surface area contributed by atoms with Gasteiger partial charge in [-0.15, -0.1) is 0 Å². The molecule has 0 atom stereocenters. The number of anilines is 2. The van der Waals surface area contributed by atoms with Crippen LogP contribution in [0.25, 0.3) is 0 Å². The van der Waals surface area contributed by atoms with E-state index in [1.807, 2.05) is 0 Å². The van der Waals surface area contributed by atoms with Gasteiger partial charge in [-0.1, -0.05) is 28.1 Å². The van der Waals surface area contributed by atoms with Crippen molar-refractivity contribution in [2.75, 3.05) is 38.1 Å². The molecule has 3 aromatic carbocycles. The molecule has 0 radical (unpaired) electrons. The second-order valence-electron chi connectivity index (χ2n) is 7.03. The van der Waals surface area contributed by atoms with Crippen LogP contribution < -0.4 is 24.8 Å². The Morgan fingerprint density at radius 2 is 1.46 bits per heavy atom. The van der Waals surface area contributed by atoms with Gasteiger partial charge >= 0.3 is 5.97 Å². The summed E-state index contributed by atoms with van der Waals surface area (Å²) in [5.74, 6) is -0.594. The number of carbonyl (C=O) groups excluding carboxylic acids is 3. The zero-order valence-electron chi connectivity index (χ0n) is 19.0. The number of esters is 1. The molecule has 0 aromatic heterocycles. The summed E-state index contributed by atoms with van der Waals surface area (Å²) in [5.41, 5.74) is 1.24.